The predicted octanol–water partition coefficient (Wildman–Crippen LogP) is -0.971. The van der Waals surface area contributed by atoms with Crippen molar-refractivity contribution in [3.05, 3.63) is 35.0 Å². The van der Waals surface area contributed by atoms with Gasteiger partial charge in [0.05, 0.1) is 6.54 Å². The standard InChI is InChI=1S/C10H10N8O/c19-10-15-13-7-5-16(3-4-18(7)10)8-9-14-12-6-17(9)2-1-11-8/h1-2,6H,3-5H2,(H,15,19). The van der Waals surface area contributed by atoms with E-state index in [4.69, 9.17) is 0 Å². The monoisotopic (exact) mass is 258 g/mol. The number of H-pyrrole nitrogens is 1. The lowest BCUT2D eigenvalue weighted by Crippen LogP contribution is -2.37. The molecule has 0 aromatic carbocycles. The van der Waals surface area contributed by atoms with E-state index < -0.39 is 0 Å². The van der Waals surface area contributed by atoms with E-state index in [1.54, 1.807) is 23.3 Å². The number of nitrogens with zero attached hydrogens (tertiary/aromatic N) is 7. The van der Waals surface area contributed by atoms with E-state index in [0.717, 1.165) is 5.82 Å². The number of fused-ring (bicyclic) bond motifs is 2. The Morgan fingerprint density at radius 2 is 2.26 bits per heavy atom. The van der Waals surface area contributed by atoms with E-state index in [9.17, 15) is 4.79 Å². The van der Waals surface area contributed by atoms with Crippen molar-refractivity contribution in [2.24, 2.45) is 0 Å². The van der Waals surface area contributed by atoms with Gasteiger partial charge in [-0.1, -0.05) is 0 Å². The SMILES string of the molecule is O=c1[nH]nc2n1CCN(c1nccn3cnnc13)C2. The molecule has 4 heterocycles. The Hall–Kier alpha value is -2.71. The second-order valence-electron chi connectivity index (χ2n) is 4.33. The van der Waals surface area contributed by atoms with Gasteiger partial charge in [-0.05, 0) is 0 Å². The summed E-state index contributed by atoms with van der Waals surface area (Å²) in [5.41, 5.74) is 0.539. The Morgan fingerprint density at radius 1 is 1.32 bits per heavy atom. The molecule has 19 heavy (non-hydrogen) atoms. The van der Waals surface area contributed by atoms with Crippen LogP contribution >= 0.6 is 0 Å². The molecule has 0 radical (unpaired) electrons. The molecule has 0 unspecified atom stereocenters. The quantitative estimate of drug-likeness (QED) is 0.603. The van der Waals surface area contributed by atoms with Crippen LogP contribution in [0.1, 0.15) is 5.82 Å². The van der Waals surface area contributed by atoms with Crippen LogP contribution in [0.3, 0.4) is 0 Å². The normalized spacial score (nSPS) is 14.8. The highest BCUT2D eigenvalue weighted by molar-refractivity contribution is 5.63. The second kappa shape index (κ2) is 3.64. The van der Waals surface area contributed by atoms with Crippen LogP contribution in [0, 0.1) is 0 Å². The highest BCUT2D eigenvalue weighted by atomic mass is 16.1. The van der Waals surface area contributed by atoms with Crippen molar-refractivity contribution in [1.82, 2.24) is 34.3 Å². The maximum atomic E-state index is 11.5. The van der Waals surface area contributed by atoms with Crippen LogP contribution in [0.4, 0.5) is 5.82 Å². The third-order valence-electron chi connectivity index (χ3n) is 3.26. The van der Waals surface area contributed by atoms with Crippen molar-refractivity contribution >= 4 is 11.5 Å². The van der Waals surface area contributed by atoms with Crippen LogP contribution < -0.4 is 10.6 Å². The number of hydrogen-bond acceptors (Lipinski definition) is 6. The number of aromatic nitrogens is 7. The molecule has 9 nitrogen and oxygen atoms in total. The van der Waals surface area contributed by atoms with Gasteiger partial charge >= 0.3 is 5.69 Å². The number of aromatic amines is 1. The third kappa shape index (κ3) is 1.44. The summed E-state index contributed by atoms with van der Waals surface area (Å²) in [4.78, 5) is 17.9. The van der Waals surface area contributed by atoms with Gasteiger partial charge in [0.1, 0.15) is 6.33 Å². The molecule has 3 aromatic rings. The van der Waals surface area contributed by atoms with Gasteiger partial charge < -0.3 is 4.90 Å². The summed E-state index contributed by atoms with van der Waals surface area (Å²) in [7, 11) is 0. The van der Waals surface area contributed by atoms with Gasteiger partial charge in [0.2, 0.25) is 5.65 Å². The number of anilines is 1. The van der Waals surface area contributed by atoms with Gasteiger partial charge in [-0.25, -0.2) is 14.9 Å². The first-order chi connectivity index (χ1) is 9.33. The summed E-state index contributed by atoms with van der Waals surface area (Å²) in [6.45, 7) is 1.80. The Kier molecular flexibility index (Phi) is 1.96. The Balaban J connectivity index is 1.78. The largest absolute Gasteiger partial charge is 0.344 e. The van der Waals surface area contributed by atoms with Crippen LogP contribution in [-0.2, 0) is 13.1 Å². The van der Waals surface area contributed by atoms with E-state index in [-0.39, 0.29) is 5.69 Å². The van der Waals surface area contributed by atoms with Crippen molar-refractivity contribution < 1.29 is 0 Å². The van der Waals surface area contributed by atoms with Gasteiger partial charge in [-0.2, -0.15) is 5.10 Å². The summed E-state index contributed by atoms with van der Waals surface area (Å²) in [6, 6.07) is 0. The first kappa shape index (κ1) is 10.2. The molecule has 0 amide bonds. The zero-order chi connectivity index (χ0) is 12.8. The first-order valence-electron chi connectivity index (χ1n) is 5.86. The molecule has 4 rings (SSSR count). The Labute approximate surface area is 106 Å². The van der Waals surface area contributed by atoms with Crippen molar-refractivity contribution in [3.63, 3.8) is 0 Å². The first-order valence-corrected chi connectivity index (χ1v) is 5.86. The Morgan fingerprint density at radius 3 is 3.21 bits per heavy atom. The van der Waals surface area contributed by atoms with Crippen LogP contribution in [-0.4, -0.2) is 40.9 Å². The summed E-state index contributed by atoms with van der Waals surface area (Å²) in [5, 5.41) is 14.4. The minimum atomic E-state index is -0.164. The molecule has 0 atom stereocenters. The van der Waals surface area contributed by atoms with Gasteiger partial charge in [0, 0.05) is 25.5 Å². The lowest BCUT2D eigenvalue weighted by atomic mass is 10.3. The molecule has 1 aliphatic rings. The van der Waals surface area contributed by atoms with E-state index >= 15 is 0 Å². The Bertz CT molecular complexity index is 799. The minimum absolute atomic E-state index is 0.164. The number of rotatable bonds is 1. The molecule has 3 aromatic heterocycles. The third-order valence-corrected chi connectivity index (χ3v) is 3.26. The molecular formula is C10H10N8O. The fourth-order valence-corrected chi connectivity index (χ4v) is 2.32. The molecule has 0 spiro atoms. The highest BCUT2D eigenvalue weighted by Gasteiger charge is 2.22. The molecule has 96 valence electrons. The minimum Gasteiger partial charge on any atom is -0.344 e. The van der Waals surface area contributed by atoms with E-state index in [1.165, 1.54) is 0 Å². The molecule has 0 saturated carbocycles. The fraction of sp³-hybridized carbons (Fsp3) is 0.300. The lowest BCUT2D eigenvalue weighted by molar-refractivity contribution is 0.546. The molecule has 0 saturated heterocycles. The van der Waals surface area contributed by atoms with Crippen LogP contribution in [0.15, 0.2) is 23.5 Å². The maximum absolute atomic E-state index is 11.5. The smallest absolute Gasteiger partial charge is 0.343 e. The molecule has 0 bridgehead atoms. The van der Waals surface area contributed by atoms with Crippen LogP contribution in [0.25, 0.3) is 5.65 Å². The van der Waals surface area contributed by atoms with Gasteiger partial charge in [-0.15, -0.1) is 10.2 Å². The topological polar surface area (TPSA) is 97.0 Å². The average Bonchev–Trinajstić information content (AvgIpc) is 3.05. The fourth-order valence-electron chi connectivity index (χ4n) is 2.32. The number of hydrogen-bond donors (Lipinski definition) is 1. The lowest BCUT2D eigenvalue weighted by Gasteiger charge is -2.27. The van der Waals surface area contributed by atoms with Crippen molar-refractivity contribution in [2.75, 3.05) is 11.4 Å². The highest BCUT2D eigenvalue weighted by Crippen LogP contribution is 2.20. The summed E-state index contributed by atoms with van der Waals surface area (Å²) in [5.74, 6) is 1.46. The van der Waals surface area contributed by atoms with Crippen LogP contribution in [0.2, 0.25) is 0 Å². The van der Waals surface area contributed by atoms with Crippen LogP contribution in [0.5, 0.6) is 0 Å². The number of nitrogens with one attached hydrogen (secondary N) is 1. The summed E-state index contributed by atoms with van der Waals surface area (Å²) in [6.07, 6.45) is 5.14. The molecule has 1 aliphatic heterocycles. The van der Waals surface area contributed by atoms with Crippen molar-refractivity contribution in [3.8, 4) is 0 Å². The maximum Gasteiger partial charge on any atom is 0.343 e. The molecule has 9 heteroatoms. The molecule has 0 fully saturated rings. The van der Waals surface area contributed by atoms with E-state index in [2.05, 4.69) is 25.4 Å². The van der Waals surface area contributed by atoms with E-state index in [1.807, 2.05) is 9.30 Å². The van der Waals surface area contributed by atoms with E-state index in [0.29, 0.717) is 31.1 Å². The predicted molar refractivity (Wildman–Crippen MR) is 64.7 cm³/mol. The zero-order valence-electron chi connectivity index (χ0n) is 9.89. The van der Waals surface area contributed by atoms with Crippen molar-refractivity contribution in [2.45, 2.75) is 13.1 Å². The average molecular weight is 258 g/mol. The van der Waals surface area contributed by atoms with Gasteiger partial charge in [0.15, 0.2) is 11.6 Å². The van der Waals surface area contributed by atoms with Crippen molar-refractivity contribution in [1.29, 1.82) is 0 Å². The molecular weight excluding hydrogens is 248 g/mol. The summed E-state index contributed by atoms with van der Waals surface area (Å²) >= 11 is 0. The summed E-state index contributed by atoms with van der Waals surface area (Å²) < 4.78 is 3.45. The molecule has 1 N–H and O–H groups in total. The van der Waals surface area contributed by atoms with Gasteiger partial charge in [0.25, 0.3) is 0 Å². The van der Waals surface area contributed by atoms with Gasteiger partial charge in [-0.3, -0.25) is 8.97 Å². The second-order valence-corrected chi connectivity index (χ2v) is 4.33. The molecule has 0 aliphatic carbocycles. The zero-order valence-corrected chi connectivity index (χ0v) is 9.89.